The number of carbonyl (C=O) groups is 1. The van der Waals surface area contributed by atoms with Gasteiger partial charge in [0.2, 0.25) is 0 Å². The molecular formula is C18H17BrN8O2. The fourth-order valence-electron chi connectivity index (χ4n) is 3.43. The molecule has 0 bridgehead atoms. The summed E-state index contributed by atoms with van der Waals surface area (Å²) in [5.41, 5.74) is 1.84. The van der Waals surface area contributed by atoms with E-state index in [4.69, 9.17) is 4.74 Å². The van der Waals surface area contributed by atoms with E-state index in [0.29, 0.717) is 52.6 Å². The molecule has 1 aliphatic heterocycles. The van der Waals surface area contributed by atoms with Crippen molar-refractivity contribution in [2.24, 2.45) is 0 Å². The fraction of sp³-hybridized carbons (Fsp3) is 0.278. The van der Waals surface area contributed by atoms with E-state index in [9.17, 15) is 4.79 Å². The van der Waals surface area contributed by atoms with Crippen molar-refractivity contribution < 1.29 is 9.53 Å². The van der Waals surface area contributed by atoms with E-state index in [2.05, 4.69) is 51.4 Å². The minimum atomic E-state index is -0.102. The Morgan fingerprint density at radius 2 is 2.24 bits per heavy atom. The summed E-state index contributed by atoms with van der Waals surface area (Å²) in [6.07, 6.45) is 4.86. The van der Waals surface area contributed by atoms with Gasteiger partial charge in [-0.1, -0.05) is 0 Å². The molecule has 5 heterocycles. The molecule has 0 aliphatic carbocycles. The first-order chi connectivity index (χ1) is 14.1. The Kier molecular flexibility index (Phi) is 4.40. The van der Waals surface area contributed by atoms with Crippen molar-refractivity contribution in [1.29, 1.82) is 0 Å². The molecule has 1 aliphatic rings. The zero-order valence-corrected chi connectivity index (χ0v) is 17.0. The smallest absolute Gasteiger partial charge is 0.271 e. The molecule has 0 aromatic carbocycles. The number of morpholine rings is 1. The number of rotatable bonds is 3. The number of nitrogens with one attached hydrogen (secondary N) is 3. The van der Waals surface area contributed by atoms with Crippen LogP contribution in [0.15, 0.2) is 29.3 Å². The van der Waals surface area contributed by atoms with E-state index in [-0.39, 0.29) is 11.9 Å². The lowest BCUT2D eigenvalue weighted by Gasteiger charge is -2.33. The number of pyridine rings is 1. The third-order valence-electron chi connectivity index (χ3n) is 4.94. The quantitative estimate of drug-likeness (QED) is 0.432. The maximum absolute atomic E-state index is 13.1. The van der Waals surface area contributed by atoms with Crippen molar-refractivity contribution in [1.82, 2.24) is 35.0 Å². The summed E-state index contributed by atoms with van der Waals surface area (Å²) in [6, 6.07) is 1.87. The van der Waals surface area contributed by atoms with E-state index in [1.54, 1.807) is 17.3 Å². The average Bonchev–Trinajstić information content (AvgIpc) is 3.32. The second-order valence-corrected chi connectivity index (χ2v) is 7.63. The molecule has 1 amide bonds. The molecule has 148 valence electrons. The van der Waals surface area contributed by atoms with Crippen LogP contribution >= 0.6 is 15.9 Å². The number of ether oxygens (including phenoxy) is 1. The zero-order valence-electron chi connectivity index (χ0n) is 15.4. The molecular weight excluding hydrogens is 440 g/mol. The first-order valence-corrected chi connectivity index (χ1v) is 9.88. The van der Waals surface area contributed by atoms with Gasteiger partial charge in [-0.2, -0.15) is 5.10 Å². The molecule has 5 rings (SSSR count). The third-order valence-corrected chi connectivity index (χ3v) is 5.74. The van der Waals surface area contributed by atoms with Gasteiger partial charge in [-0.25, -0.2) is 15.0 Å². The highest BCUT2D eigenvalue weighted by molar-refractivity contribution is 9.10. The topological polar surface area (TPSA) is 125 Å². The van der Waals surface area contributed by atoms with E-state index in [1.807, 2.05) is 13.0 Å². The number of fused-ring (bicyclic) bond motifs is 2. The number of carbonyl (C=O) groups excluding carboxylic acids is 1. The van der Waals surface area contributed by atoms with Gasteiger partial charge in [-0.05, 0) is 28.9 Å². The van der Waals surface area contributed by atoms with Crippen molar-refractivity contribution in [2.75, 3.05) is 25.1 Å². The second-order valence-electron chi connectivity index (χ2n) is 6.83. The summed E-state index contributed by atoms with van der Waals surface area (Å²) < 4.78 is 6.05. The van der Waals surface area contributed by atoms with Gasteiger partial charge in [0.1, 0.15) is 29.3 Å². The standard InChI is InChI=1S/C18H17BrN8O2/c1-9-7-29-3-2-27(9)18(28)15-14(19)13-16(21-8-22-17(13)25-15)24-12-4-10-5-23-26-11(10)6-20-12/h4-6,8-9H,2-3,7H2,1H3,(H,23,26)(H2,20,21,22,24,25)/t9-/m0/s1. The molecule has 29 heavy (non-hydrogen) atoms. The Balaban J connectivity index is 1.52. The third kappa shape index (κ3) is 3.12. The van der Waals surface area contributed by atoms with Crippen molar-refractivity contribution in [3.63, 3.8) is 0 Å². The number of amides is 1. The maximum Gasteiger partial charge on any atom is 0.271 e. The number of nitrogens with zero attached hydrogens (tertiary/aromatic N) is 5. The molecule has 3 N–H and O–H groups in total. The van der Waals surface area contributed by atoms with Crippen LogP contribution in [0, 0.1) is 0 Å². The van der Waals surface area contributed by atoms with Crippen molar-refractivity contribution in [3.8, 4) is 0 Å². The number of anilines is 2. The second kappa shape index (κ2) is 7.08. The minimum absolute atomic E-state index is 0.00382. The molecule has 1 saturated heterocycles. The van der Waals surface area contributed by atoms with Crippen molar-refractivity contribution >= 4 is 55.4 Å². The monoisotopic (exact) mass is 456 g/mol. The highest BCUT2D eigenvalue weighted by atomic mass is 79.9. The van der Waals surface area contributed by atoms with Gasteiger partial charge in [0, 0.05) is 11.9 Å². The van der Waals surface area contributed by atoms with Gasteiger partial charge < -0.3 is 19.9 Å². The van der Waals surface area contributed by atoms with Crippen LogP contribution in [0.1, 0.15) is 17.4 Å². The summed E-state index contributed by atoms with van der Waals surface area (Å²) in [5, 5.41) is 11.7. The molecule has 4 aromatic heterocycles. The van der Waals surface area contributed by atoms with Crippen LogP contribution in [-0.2, 0) is 4.74 Å². The Labute approximate surface area is 173 Å². The Morgan fingerprint density at radius 3 is 3.10 bits per heavy atom. The lowest BCUT2D eigenvalue weighted by molar-refractivity contribution is 0.00327. The van der Waals surface area contributed by atoms with E-state index >= 15 is 0 Å². The van der Waals surface area contributed by atoms with Gasteiger partial charge in [-0.15, -0.1) is 0 Å². The number of hydrogen-bond donors (Lipinski definition) is 3. The van der Waals surface area contributed by atoms with Crippen LogP contribution in [0.3, 0.4) is 0 Å². The zero-order chi connectivity index (χ0) is 20.0. The Bertz CT molecular complexity index is 1220. The predicted molar refractivity (Wildman–Crippen MR) is 110 cm³/mol. The van der Waals surface area contributed by atoms with Crippen LogP contribution in [0.25, 0.3) is 21.9 Å². The molecule has 4 aromatic rings. The molecule has 11 heteroatoms. The van der Waals surface area contributed by atoms with E-state index < -0.39 is 0 Å². The molecule has 10 nitrogen and oxygen atoms in total. The molecule has 0 radical (unpaired) electrons. The van der Waals surface area contributed by atoms with Crippen LogP contribution in [-0.4, -0.2) is 66.7 Å². The lowest BCUT2D eigenvalue weighted by Crippen LogP contribution is -2.47. The number of hydrogen-bond acceptors (Lipinski definition) is 7. The van der Waals surface area contributed by atoms with Gasteiger partial charge in [0.05, 0.1) is 47.0 Å². The average molecular weight is 457 g/mol. The summed E-state index contributed by atoms with van der Waals surface area (Å²) in [6.45, 7) is 3.58. The highest BCUT2D eigenvalue weighted by Gasteiger charge is 2.29. The maximum atomic E-state index is 13.1. The van der Waals surface area contributed by atoms with E-state index in [0.717, 1.165) is 10.9 Å². The van der Waals surface area contributed by atoms with Crippen molar-refractivity contribution in [2.45, 2.75) is 13.0 Å². The SMILES string of the molecule is C[C@H]1COCCN1C(=O)c1[nH]c2ncnc(Nc3cc4cn[nH]c4cn3)c2c1Br. The molecule has 1 atom stereocenters. The van der Waals surface area contributed by atoms with Gasteiger partial charge in [0.15, 0.2) is 0 Å². The van der Waals surface area contributed by atoms with Crippen LogP contribution < -0.4 is 5.32 Å². The number of aromatic amines is 2. The van der Waals surface area contributed by atoms with Crippen molar-refractivity contribution in [3.05, 3.63) is 35.0 Å². The fourth-order valence-corrected chi connectivity index (χ4v) is 4.08. The highest BCUT2D eigenvalue weighted by Crippen LogP contribution is 2.33. The number of aromatic nitrogens is 6. The first-order valence-electron chi connectivity index (χ1n) is 9.09. The lowest BCUT2D eigenvalue weighted by atomic mass is 10.2. The van der Waals surface area contributed by atoms with Crippen LogP contribution in [0.4, 0.5) is 11.6 Å². The Hall–Kier alpha value is -3.05. The van der Waals surface area contributed by atoms with Crippen LogP contribution in [0.2, 0.25) is 0 Å². The molecule has 0 spiro atoms. The summed E-state index contributed by atoms with van der Waals surface area (Å²) in [5.74, 6) is 1.05. The largest absolute Gasteiger partial charge is 0.377 e. The van der Waals surface area contributed by atoms with Gasteiger partial charge in [-0.3, -0.25) is 9.89 Å². The molecule has 1 fully saturated rings. The molecule has 0 saturated carbocycles. The summed E-state index contributed by atoms with van der Waals surface area (Å²) >= 11 is 3.57. The summed E-state index contributed by atoms with van der Waals surface area (Å²) in [7, 11) is 0. The van der Waals surface area contributed by atoms with E-state index in [1.165, 1.54) is 6.33 Å². The summed E-state index contributed by atoms with van der Waals surface area (Å²) in [4.78, 5) is 31.0. The number of H-pyrrole nitrogens is 2. The molecule has 0 unspecified atom stereocenters. The van der Waals surface area contributed by atoms with Crippen LogP contribution in [0.5, 0.6) is 0 Å². The van der Waals surface area contributed by atoms with Gasteiger partial charge in [0.25, 0.3) is 5.91 Å². The predicted octanol–water partition coefficient (Wildman–Crippen LogP) is 2.60. The normalized spacial score (nSPS) is 17.2. The first kappa shape index (κ1) is 18.0. The minimum Gasteiger partial charge on any atom is -0.377 e. The Morgan fingerprint density at radius 1 is 1.34 bits per heavy atom. The van der Waals surface area contributed by atoms with Gasteiger partial charge >= 0.3 is 0 Å². The number of halogens is 1.